The third-order valence-corrected chi connectivity index (χ3v) is 4.77. The summed E-state index contributed by atoms with van der Waals surface area (Å²) in [6, 6.07) is 7.85. The van der Waals surface area contributed by atoms with E-state index in [0.717, 1.165) is 11.1 Å². The highest BCUT2D eigenvalue weighted by Crippen LogP contribution is 2.32. The zero-order chi connectivity index (χ0) is 14.1. The SMILES string of the molecule is O=C(O)C1CCC(C(=O)Nc2ccc3sccc3c2)C1. The number of hydrogen-bond acceptors (Lipinski definition) is 3. The number of anilines is 1. The van der Waals surface area contributed by atoms with Crippen LogP contribution in [-0.2, 0) is 9.59 Å². The second-order valence-corrected chi connectivity index (χ2v) is 6.16. The lowest BCUT2D eigenvalue weighted by Gasteiger charge is -2.11. The molecule has 2 N–H and O–H groups in total. The average molecular weight is 289 g/mol. The fourth-order valence-electron chi connectivity index (χ4n) is 2.73. The van der Waals surface area contributed by atoms with Crippen molar-refractivity contribution in [2.75, 3.05) is 5.32 Å². The molecule has 3 rings (SSSR count). The number of nitrogens with one attached hydrogen (secondary N) is 1. The highest BCUT2D eigenvalue weighted by atomic mass is 32.1. The van der Waals surface area contributed by atoms with Gasteiger partial charge in [-0.1, -0.05) is 0 Å². The fourth-order valence-corrected chi connectivity index (χ4v) is 3.50. The molecule has 1 aromatic carbocycles. The van der Waals surface area contributed by atoms with Gasteiger partial charge in [-0.05, 0) is 54.3 Å². The van der Waals surface area contributed by atoms with E-state index in [4.69, 9.17) is 5.11 Å². The van der Waals surface area contributed by atoms with Gasteiger partial charge >= 0.3 is 5.97 Å². The van der Waals surface area contributed by atoms with Crippen molar-refractivity contribution in [2.24, 2.45) is 11.8 Å². The number of aliphatic carboxylic acids is 1. The Morgan fingerprint density at radius 2 is 2.00 bits per heavy atom. The summed E-state index contributed by atoms with van der Waals surface area (Å²) in [7, 11) is 0. The van der Waals surface area contributed by atoms with Crippen molar-refractivity contribution < 1.29 is 14.7 Å². The summed E-state index contributed by atoms with van der Waals surface area (Å²) in [5.74, 6) is -1.41. The average Bonchev–Trinajstić information content (AvgIpc) is 3.07. The Labute approximate surface area is 120 Å². The molecule has 2 atom stereocenters. The summed E-state index contributed by atoms with van der Waals surface area (Å²) in [6.45, 7) is 0. The Morgan fingerprint density at radius 1 is 1.20 bits per heavy atom. The molecular formula is C15H15NO3S. The Bertz CT molecular complexity index is 664. The predicted molar refractivity (Wildman–Crippen MR) is 78.9 cm³/mol. The van der Waals surface area contributed by atoms with Crippen LogP contribution in [0.25, 0.3) is 10.1 Å². The summed E-state index contributed by atoms with van der Waals surface area (Å²) in [6.07, 6.45) is 1.70. The van der Waals surface area contributed by atoms with Crippen molar-refractivity contribution in [1.29, 1.82) is 0 Å². The largest absolute Gasteiger partial charge is 0.481 e. The summed E-state index contributed by atoms with van der Waals surface area (Å²) >= 11 is 1.67. The minimum Gasteiger partial charge on any atom is -0.481 e. The number of carbonyl (C=O) groups is 2. The normalized spacial score (nSPS) is 22.0. The molecule has 1 fully saturated rings. The minimum absolute atomic E-state index is 0.0664. The maximum absolute atomic E-state index is 12.2. The van der Waals surface area contributed by atoms with E-state index in [0.29, 0.717) is 19.3 Å². The Kier molecular flexibility index (Phi) is 3.44. The highest BCUT2D eigenvalue weighted by molar-refractivity contribution is 7.17. The molecular weight excluding hydrogens is 274 g/mol. The first kappa shape index (κ1) is 13.1. The van der Waals surface area contributed by atoms with Crippen molar-refractivity contribution in [3.8, 4) is 0 Å². The first-order chi connectivity index (χ1) is 9.63. The first-order valence-corrected chi connectivity index (χ1v) is 7.52. The van der Waals surface area contributed by atoms with Crippen LogP contribution in [0.2, 0.25) is 0 Å². The van der Waals surface area contributed by atoms with Crippen molar-refractivity contribution in [2.45, 2.75) is 19.3 Å². The molecule has 20 heavy (non-hydrogen) atoms. The van der Waals surface area contributed by atoms with Crippen LogP contribution in [0.4, 0.5) is 5.69 Å². The van der Waals surface area contributed by atoms with E-state index in [1.165, 1.54) is 4.70 Å². The molecule has 1 amide bonds. The molecule has 0 saturated heterocycles. The number of carboxylic acid groups (broad SMARTS) is 1. The minimum atomic E-state index is -0.792. The van der Waals surface area contributed by atoms with Crippen LogP contribution in [0.5, 0.6) is 0 Å². The summed E-state index contributed by atoms with van der Waals surface area (Å²) in [5, 5.41) is 15.0. The van der Waals surface area contributed by atoms with Gasteiger partial charge in [0.2, 0.25) is 5.91 Å². The number of carboxylic acids is 1. The molecule has 1 heterocycles. The maximum Gasteiger partial charge on any atom is 0.306 e. The second-order valence-electron chi connectivity index (χ2n) is 5.21. The number of fused-ring (bicyclic) bond motifs is 1. The number of thiophene rings is 1. The first-order valence-electron chi connectivity index (χ1n) is 6.64. The van der Waals surface area contributed by atoms with E-state index in [2.05, 4.69) is 5.32 Å². The lowest BCUT2D eigenvalue weighted by molar-refractivity contribution is -0.141. The van der Waals surface area contributed by atoms with E-state index < -0.39 is 5.97 Å². The van der Waals surface area contributed by atoms with Gasteiger partial charge in [-0.3, -0.25) is 9.59 Å². The standard InChI is InChI=1S/C15H15NO3S/c17-14(10-1-2-11(7-10)15(18)19)16-12-3-4-13-9(8-12)5-6-20-13/h3-6,8,10-11H,1-2,7H2,(H,16,17)(H,18,19). The van der Waals surface area contributed by atoms with Crippen LogP contribution in [0, 0.1) is 11.8 Å². The molecule has 2 unspecified atom stereocenters. The lowest BCUT2D eigenvalue weighted by Crippen LogP contribution is -2.21. The van der Waals surface area contributed by atoms with Gasteiger partial charge in [-0.25, -0.2) is 0 Å². The molecule has 1 aromatic heterocycles. The van der Waals surface area contributed by atoms with Crippen LogP contribution < -0.4 is 5.32 Å². The van der Waals surface area contributed by atoms with Crippen molar-refractivity contribution in [1.82, 2.24) is 0 Å². The smallest absolute Gasteiger partial charge is 0.306 e. The van der Waals surface area contributed by atoms with Crippen molar-refractivity contribution in [3.05, 3.63) is 29.6 Å². The van der Waals surface area contributed by atoms with E-state index in [1.807, 2.05) is 29.6 Å². The molecule has 5 heteroatoms. The van der Waals surface area contributed by atoms with Gasteiger partial charge in [0.25, 0.3) is 0 Å². The topological polar surface area (TPSA) is 66.4 Å². The van der Waals surface area contributed by atoms with Crippen LogP contribution in [0.1, 0.15) is 19.3 Å². The quantitative estimate of drug-likeness (QED) is 0.910. The van der Waals surface area contributed by atoms with Crippen molar-refractivity contribution in [3.63, 3.8) is 0 Å². The van der Waals surface area contributed by atoms with Gasteiger partial charge < -0.3 is 10.4 Å². The number of amides is 1. The predicted octanol–water partition coefficient (Wildman–Crippen LogP) is 3.34. The molecule has 2 aromatic rings. The maximum atomic E-state index is 12.2. The Hall–Kier alpha value is -1.88. The van der Waals surface area contributed by atoms with E-state index in [9.17, 15) is 9.59 Å². The second kappa shape index (κ2) is 5.25. The Morgan fingerprint density at radius 3 is 2.75 bits per heavy atom. The molecule has 0 bridgehead atoms. The molecule has 0 aliphatic heterocycles. The molecule has 1 aliphatic rings. The molecule has 0 spiro atoms. The van der Waals surface area contributed by atoms with Gasteiger partial charge in [-0.2, -0.15) is 0 Å². The van der Waals surface area contributed by atoms with E-state index in [1.54, 1.807) is 11.3 Å². The van der Waals surface area contributed by atoms with Gasteiger partial charge in [0.15, 0.2) is 0 Å². The van der Waals surface area contributed by atoms with Gasteiger partial charge in [0.05, 0.1) is 5.92 Å². The monoisotopic (exact) mass is 289 g/mol. The zero-order valence-electron chi connectivity index (χ0n) is 10.8. The van der Waals surface area contributed by atoms with Gasteiger partial charge in [0, 0.05) is 16.3 Å². The summed E-state index contributed by atoms with van der Waals surface area (Å²) < 4.78 is 1.19. The fraction of sp³-hybridized carbons (Fsp3) is 0.333. The van der Waals surface area contributed by atoms with Gasteiger partial charge in [-0.15, -0.1) is 11.3 Å². The molecule has 104 valence electrons. The molecule has 1 aliphatic carbocycles. The highest BCUT2D eigenvalue weighted by Gasteiger charge is 2.33. The summed E-state index contributed by atoms with van der Waals surface area (Å²) in [4.78, 5) is 23.1. The van der Waals surface area contributed by atoms with Crippen LogP contribution in [0.3, 0.4) is 0 Å². The number of carbonyl (C=O) groups excluding carboxylic acids is 1. The summed E-state index contributed by atoms with van der Waals surface area (Å²) in [5.41, 5.74) is 0.777. The number of benzene rings is 1. The van der Waals surface area contributed by atoms with Crippen LogP contribution in [0.15, 0.2) is 29.6 Å². The van der Waals surface area contributed by atoms with Crippen LogP contribution >= 0.6 is 11.3 Å². The van der Waals surface area contributed by atoms with Crippen molar-refractivity contribution >= 4 is 39.0 Å². The zero-order valence-corrected chi connectivity index (χ0v) is 11.7. The van der Waals surface area contributed by atoms with Crippen LogP contribution in [-0.4, -0.2) is 17.0 Å². The molecule has 4 nitrogen and oxygen atoms in total. The molecule has 0 radical (unpaired) electrons. The third kappa shape index (κ3) is 2.54. The number of hydrogen-bond donors (Lipinski definition) is 2. The van der Waals surface area contributed by atoms with Gasteiger partial charge in [0.1, 0.15) is 0 Å². The van der Waals surface area contributed by atoms with E-state index in [-0.39, 0.29) is 17.7 Å². The Balaban J connectivity index is 1.68. The lowest BCUT2D eigenvalue weighted by atomic mass is 10.0. The molecule has 1 saturated carbocycles. The third-order valence-electron chi connectivity index (χ3n) is 3.87. The number of rotatable bonds is 3. The van der Waals surface area contributed by atoms with E-state index >= 15 is 0 Å².